The lowest BCUT2D eigenvalue weighted by Gasteiger charge is -2.24. The lowest BCUT2D eigenvalue weighted by Crippen LogP contribution is -2.43. The Morgan fingerprint density at radius 2 is 1.05 bits per heavy atom. The number of pyridine rings is 2. The van der Waals surface area contributed by atoms with Crippen LogP contribution >= 0.6 is 23.2 Å². The van der Waals surface area contributed by atoms with Crippen molar-refractivity contribution in [2.24, 2.45) is 0 Å². The first-order chi connectivity index (χ1) is 28.7. The summed E-state index contributed by atoms with van der Waals surface area (Å²) in [7, 11) is 0. The number of aromatic amines is 1. The maximum absolute atomic E-state index is 13.7. The van der Waals surface area contributed by atoms with E-state index in [0.29, 0.717) is 66.6 Å². The first-order valence-corrected chi connectivity index (χ1v) is 20.1. The summed E-state index contributed by atoms with van der Waals surface area (Å²) in [4.78, 5) is 66.2. The number of amides is 4. The van der Waals surface area contributed by atoms with Crippen molar-refractivity contribution in [1.29, 1.82) is 0 Å². The molecule has 9 rings (SSSR count). The van der Waals surface area contributed by atoms with E-state index < -0.39 is 12.1 Å². The molecule has 5 heterocycles. The number of benzene rings is 4. The van der Waals surface area contributed by atoms with E-state index in [4.69, 9.17) is 23.2 Å². The second kappa shape index (κ2) is 16.0. The average Bonchev–Trinajstić information content (AvgIpc) is 4.06. The molecule has 4 amide bonds. The first-order valence-electron chi connectivity index (χ1n) is 19.3. The van der Waals surface area contributed by atoms with Gasteiger partial charge in [0.1, 0.15) is 33.8 Å². The molecule has 2 aliphatic heterocycles. The highest BCUT2D eigenvalue weighted by molar-refractivity contribution is 6.31. The number of nitrogens with one attached hydrogen (secondary N) is 3. The molecule has 3 aromatic heterocycles. The zero-order valence-electron chi connectivity index (χ0n) is 31.5. The molecular weight excluding hydrogens is 787 g/mol. The van der Waals surface area contributed by atoms with Crippen LogP contribution in [0.2, 0.25) is 10.3 Å². The van der Waals surface area contributed by atoms with E-state index in [1.807, 2.05) is 91.0 Å². The summed E-state index contributed by atoms with van der Waals surface area (Å²) in [6.45, 7) is 0.890. The first kappa shape index (κ1) is 37.9. The second-order valence-corrected chi connectivity index (χ2v) is 15.4. The summed E-state index contributed by atoms with van der Waals surface area (Å²) < 4.78 is 0. The molecule has 0 bridgehead atoms. The van der Waals surface area contributed by atoms with Crippen LogP contribution in [0.15, 0.2) is 115 Å². The molecule has 2 saturated heterocycles. The minimum absolute atomic E-state index is 0.223. The Hall–Kier alpha value is -6.63. The quantitative estimate of drug-likeness (QED) is 0.130. The topological polar surface area (TPSA) is 153 Å². The number of hydrogen-bond donors (Lipinski definition) is 3. The van der Waals surface area contributed by atoms with Gasteiger partial charge in [0.15, 0.2) is 0 Å². The molecule has 0 aliphatic carbocycles. The van der Waals surface area contributed by atoms with Crippen LogP contribution in [0, 0.1) is 0 Å². The van der Waals surface area contributed by atoms with Gasteiger partial charge in [-0.1, -0.05) is 96.0 Å². The number of H-pyrrole nitrogens is 1. The Balaban J connectivity index is 0.823. The Morgan fingerprint density at radius 3 is 1.54 bits per heavy atom. The van der Waals surface area contributed by atoms with Crippen molar-refractivity contribution in [2.45, 2.75) is 37.8 Å². The van der Waals surface area contributed by atoms with Gasteiger partial charge < -0.3 is 20.4 Å². The lowest BCUT2D eigenvalue weighted by molar-refractivity contribution is -0.120. The minimum atomic E-state index is -0.643. The Labute approximate surface area is 348 Å². The molecular formula is C45H36Cl2N8O4. The molecule has 0 spiro atoms. The molecule has 59 heavy (non-hydrogen) atoms. The van der Waals surface area contributed by atoms with Crippen molar-refractivity contribution < 1.29 is 19.2 Å². The third-order valence-electron chi connectivity index (χ3n) is 10.9. The van der Waals surface area contributed by atoms with Gasteiger partial charge in [0, 0.05) is 40.8 Å². The summed E-state index contributed by atoms with van der Waals surface area (Å²) in [6, 6.07) is 33.7. The van der Waals surface area contributed by atoms with Crippen molar-refractivity contribution in [2.75, 3.05) is 23.7 Å². The number of carbonyl (C=O) groups excluding carboxylic acids is 4. The van der Waals surface area contributed by atoms with Crippen LogP contribution in [0.1, 0.15) is 46.7 Å². The normalized spacial score (nSPS) is 16.4. The van der Waals surface area contributed by atoms with Crippen molar-refractivity contribution in [3.63, 3.8) is 0 Å². The third kappa shape index (κ3) is 7.60. The number of hydrogen-bond acceptors (Lipinski definition) is 7. The van der Waals surface area contributed by atoms with Crippen LogP contribution in [0.25, 0.3) is 44.1 Å². The number of fused-ring (bicyclic) bond motifs is 2. The molecule has 0 radical (unpaired) electrons. The molecule has 0 saturated carbocycles. The molecule has 2 atom stereocenters. The zero-order chi connectivity index (χ0) is 40.6. The molecule has 4 aromatic carbocycles. The number of likely N-dealkylation sites (tertiary alicyclic amines) is 2. The average molecular weight is 824 g/mol. The second-order valence-electron chi connectivity index (χ2n) is 14.6. The third-order valence-corrected chi connectivity index (χ3v) is 11.3. The molecule has 2 unspecified atom stereocenters. The van der Waals surface area contributed by atoms with Gasteiger partial charge in [0.05, 0.1) is 11.4 Å². The van der Waals surface area contributed by atoms with Gasteiger partial charge in [-0.2, -0.15) is 5.10 Å². The van der Waals surface area contributed by atoms with E-state index >= 15 is 0 Å². The van der Waals surface area contributed by atoms with Crippen LogP contribution in [0.4, 0.5) is 11.4 Å². The zero-order valence-corrected chi connectivity index (χ0v) is 33.0. The Bertz CT molecular complexity index is 2590. The summed E-state index contributed by atoms with van der Waals surface area (Å²) in [5, 5.41) is 17.0. The van der Waals surface area contributed by atoms with E-state index in [1.165, 1.54) is 0 Å². The van der Waals surface area contributed by atoms with Gasteiger partial charge in [0.2, 0.25) is 11.8 Å². The standard InChI is InChI=1S/C45H36Cl2N8O4/c46-38-23-28-7-1-3-9-32(28)40(50-38)44(58)54-21-5-11-36(54)42(56)48-30-17-13-26(14-18-30)34-25-35(53-52-34)27-15-19-31(20-16-27)49-43(57)37-12-6-22-55(37)45(59)41-33-10-4-2-8-29(33)24-39(47)51-41/h1-4,7-10,13-20,23-25,36-37H,5-6,11-12,21-22H2,(H,48,56)(H,49,57)(H,52,53). The van der Waals surface area contributed by atoms with Crippen LogP contribution in [0.5, 0.6) is 0 Å². The van der Waals surface area contributed by atoms with Crippen molar-refractivity contribution in [3.8, 4) is 22.5 Å². The van der Waals surface area contributed by atoms with Gasteiger partial charge in [-0.3, -0.25) is 24.3 Å². The number of halogens is 2. The molecule has 2 aliphatic rings. The van der Waals surface area contributed by atoms with E-state index in [1.54, 1.807) is 34.1 Å². The van der Waals surface area contributed by atoms with Crippen molar-refractivity contribution >= 4 is 79.8 Å². The van der Waals surface area contributed by atoms with Crippen LogP contribution < -0.4 is 10.6 Å². The summed E-state index contributed by atoms with van der Waals surface area (Å²) in [6.07, 6.45) is 2.48. The summed E-state index contributed by atoms with van der Waals surface area (Å²) in [5.74, 6) is -1.18. The maximum atomic E-state index is 13.7. The monoisotopic (exact) mass is 822 g/mol. The fourth-order valence-electron chi connectivity index (χ4n) is 8.02. The van der Waals surface area contributed by atoms with Gasteiger partial charge >= 0.3 is 0 Å². The summed E-state index contributed by atoms with van der Waals surface area (Å²) >= 11 is 12.5. The number of carbonyl (C=O) groups is 4. The number of nitrogens with zero attached hydrogens (tertiary/aromatic N) is 5. The fraction of sp³-hybridized carbons (Fsp3) is 0.178. The largest absolute Gasteiger partial charge is 0.325 e. The Morgan fingerprint density at radius 1 is 0.593 bits per heavy atom. The molecule has 7 aromatic rings. The highest BCUT2D eigenvalue weighted by Crippen LogP contribution is 2.30. The molecule has 2 fully saturated rings. The van der Waals surface area contributed by atoms with Crippen molar-refractivity contribution in [3.05, 3.63) is 137 Å². The van der Waals surface area contributed by atoms with Crippen LogP contribution in [-0.4, -0.2) is 78.8 Å². The van der Waals surface area contributed by atoms with Gasteiger partial charge in [0.25, 0.3) is 11.8 Å². The predicted molar refractivity (Wildman–Crippen MR) is 228 cm³/mol. The maximum Gasteiger partial charge on any atom is 0.273 e. The SMILES string of the molecule is O=C(Nc1ccc(-c2cc(-c3ccc(NC(=O)C4CCCN4C(=O)c4nc(Cl)cc5ccccc45)cc3)[nH]n2)cc1)C1CCCN1C(=O)c1nc(Cl)cc2ccccc12. The predicted octanol–water partition coefficient (Wildman–Crippen LogP) is 8.63. The van der Waals surface area contributed by atoms with Crippen LogP contribution in [-0.2, 0) is 9.59 Å². The number of anilines is 2. The van der Waals surface area contributed by atoms with Gasteiger partial charge in [-0.15, -0.1) is 0 Å². The number of aromatic nitrogens is 4. The highest BCUT2D eigenvalue weighted by Gasteiger charge is 2.37. The summed E-state index contributed by atoms with van der Waals surface area (Å²) in [5.41, 5.74) is 4.85. The molecule has 3 N–H and O–H groups in total. The number of rotatable bonds is 8. The van der Waals surface area contributed by atoms with E-state index in [9.17, 15) is 19.2 Å². The van der Waals surface area contributed by atoms with Crippen molar-refractivity contribution in [1.82, 2.24) is 30.0 Å². The lowest BCUT2D eigenvalue weighted by atomic mass is 10.1. The van der Waals surface area contributed by atoms with E-state index in [-0.39, 0.29) is 45.3 Å². The molecule has 12 nitrogen and oxygen atoms in total. The molecule has 294 valence electrons. The van der Waals surface area contributed by atoms with Crippen LogP contribution in [0.3, 0.4) is 0 Å². The smallest absolute Gasteiger partial charge is 0.273 e. The fourth-order valence-corrected chi connectivity index (χ4v) is 8.43. The highest BCUT2D eigenvalue weighted by atomic mass is 35.5. The Kier molecular flexibility index (Phi) is 10.3. The molecule has 14 heteroatoms. The van der Waals surface area contributed by atoms with E-state index in [2.05, 4.69) is 30.8 Å². The minimum Gasteiger partial charge on any atom is -0.325 e. The van der Waals surface area contributed by atoms with E-state index in [0.717, 1.165) is 27.6 Å². The van der Waals surface area contributed by atoms with Gasteiger partial charge in [-0.25, -0.2) is 9.97 Å². The van der Waals surface area contributed by atoms with Gasteiger partial charge in [-0.05, 0) is 84.5 Å².